The van der Waals surface area contributed by atoms with E-state index in [1.165, 1.54) is 16.5 Å². The van der Waals surface area contributed by atoms with Crippen LogP contribution in [0.1, 0.15) is 64.0 Å². The maximum absolute atomic E-state index is 14.5. The van der Waals surface area contributed by atoms with E-state index in [1.807, 2.05) is 27.0 Å². The fourth-order valence-corrected chi connectivity index (χ4v) is 8.64. The van der Waals surface area contributed by atoms with Crippen molar-refractivity contribution in [3.8, 4) is 0 Å². The van der Waals surface area contributed by atoms with Gasteiger partial charge in [-0.3, -0.25) is 24.0 Å². The van der Waals surface area contributed by atoms with Gasteiger partial charge < -0.3 is 35.4 Å². The van der Waals surface area contributed by atoms with E-state index in [2.05, 4.69) is 33.5 Å². The van der Waals surface area contributed by atoms with E-state index in [4.69, 9.17) is 4.74 Å². The van der Waals surface area contributed by atoms with Gasteiger partial charge in [-0.15, -0.1) is 0 Å². The third-order valence-corrected chi connectivity index (χ3v) is 10.8. The van der Waals surface area contributed by atoms with Gasteiger partial charge in [-0.05, 0) is 49.4 Å². The zero-order valence-corrected chi connectivity index (χ0v) is 25.9. The van der Waals surface area contributed by atoms with Crippen LogP contribution >= 0.6 is 0 Å². The molecule has 238 valence electrons. The number of H-pyrrole nitrogens is 1. The van der Waals surface area contributed by atoms with Crippen LogP contribution in [0.3, 0.4) is 0 Å². The van der Waals surface area contributed by atoms with Gasteiger partial charge in [-0.2, -0.15) is 0 Å². The fraction of sp³-hybridized carbons (Fsp3) is 0.656. The smallest absolute Gasteiger partial charge is 0.281 e. The van der Waals surface area contributed by atoms with Gasteiger partial charge in [0.05, 0.1) is 5.92 Å². The molecule has 1 aromatic carbocycles. The number of aliphatic hydroxyl groups is 3. The van der Waals surface area contributed by atoms with Gasteiger partial charge in [0, 0.05) is 47.9 Å². The van der Waals surface area contributed by atoms with Gasteiger partial charge in [0.15, 0.2) is 6.23 Å². The van der Waals surface area contributed by atoms with Gasteiger partial charge in [-0.25, -0.2) is 0 Å². The molecule has 4 fully saturated rings. The first-order valence-corrected chi connectivity index (χ1v) is 15.8. The van der Waals surface area contributed by atoms with Crippen LogP contribution in [0.25, 0.3) is 10.9 Å². The Balaban J connectivity index is 1.22. The maximum atomic E-state index is 14.5. The van der Waals surface area contributed by atoms with E-state index in [9.17, 15) is 29.7 Å². The highest BCUT2D eigenvalue weighted by Gasteiger charge is 2.73. The predicted molar refractivity (Wildman–Crippen MR) is 158 cm³/mol. The van der Waals surface area contributed by atoms with Gasteiger partial charge in [0.25, 0.3) is 11.8 Å². The first kappa shape index (κ1) is 29.7. The summed E-state index contributed by atoms with van der Waals surface area (Å²) < 4.78 is 6.33. The lowest BCUT2D eigenvalue weighted by Crippen LogP contribution is -2.72. The van der Waals surface area contributed by atoms with Crippen LogP contribution in [0.5, 0.6) is 0 Å². The van der Waals surface area contributed by atoms with E-state index >= 15 is 0 Å². The SMILES string of the molecule is CC(C)C[C@H]1C(=O)N2C(O)C(O)C[C@H]2[C@]2(O)O[C@](NC(=O)[C@@H]3C[C@@H]4c5cccc6[nH]cc(c56)C[C@H]4N(C)C3)(C(C)C)C(=O)N12. The van der Waals surface area contributed by atoms with Crippen LogP contribution in [0, 0.1) is 17.8 Å². The molecule has 0 bridgehead atoms. The molecule has 5 N–H and O–H groups in total. The first-order valence-electron chi connectivity index (χ1n) is 15.8. The molecule has 0 saturated carbocycles. The summed E-state index contributed by atoms with van der Waals surface area (Å²) in [6, 6.07) is 4.13. The minimum Gasteiger partial charge on any atom is -0.388 e. The minimum absolute atomic E-state index is 0.0444. The molecule has 5 heterocycles. The van der Waals surface area contributed by atoms with Crippen LogP contribution in [0.4, 0.5) is 0 Å². The average Bonchev–Trinajstić information content (AvgIpc) is 3.59. The Labute approximate surface area is 256 Å². The number of amides is 3. The summed E-state index contributed by atoms with van der Waals surface area (Å²) in [5.74, 6) is -4.97. The monoisotopic (exact) mass is 609 g/mol. The number of carbonyl (C=O) groups is 3. The summed E-state index contributed by atoms with van der Waals surface area (Å²) in [5, 5.41) is 37.5. The molecule has 44 heavy (non-hydrogen) atoms. The molecular weight excluding hydrogens is 566 g/mol. The highest BCUT2D eigenvalue weighted by atomic mass is 16.7. The number of likely N-dealkylation sites (tertiary alicyclic amines) is 1. The molecule has 9 atom stereocenters. The molecule has 1 aliphatic carbocycles. The van der Waals surface area contributed by atoms with E-state index in [0.29, 0.717) is 13.0 Å². The van der Waals surface area contributed by atoms with Crippen molar-refractivity contribution in [3.63, 3.8) is 0 Å². The van der Waals surface area contributed by atoms with Gasteiger partial charge in [0.1, 0.15) is 18.2 Å². The number of fused-ring (bicyclic) bond motifs is 5. The zero-order valence-electron chi connectivity index (χ0n) is 25.9. The quantitative estimate of drug-likeness (QED) is 0.333. The van der Waals surface area contributed by atoms with Crippen molar-refractivity contribution in [1.82, 2.24) is 25.0 Å². The molecule has 0 radical (unpaired) electrons. The average molecular weight is 610 g/mol. The van der Waals surface area contributed by atoms with Gasteiger partial charge >= 0.3 is 0 Å². The lowest BCUT2D eigenvalue weighted by atomic mass is 9.72. The number of hydrogen-bond acceptors (Lipinski definition) is 8. The second kappa shape index (κ2) is 9.98. The molecule has 7 rings (SSSR count). The van der Waals surface area contributed by atoms with Crippen LogP contribution < -0.4 is 5.32 Å². The Hall–Kier alpha value is -3.03. The number of aliphatic hydroxyl groups excluding tert-OH is 2. The summed E-state index contributed by atoms with van der Waals surface area (Å²) in [6.07, 6.45) is 0.702. The minimum atomic E-state index is -2.35. The molecule has 1 aromatic heterocycles. The van der Waals surface area contributed by atoms with E-state index in [1.54, 1.807) is 13.8 Å². The van der Waals surface area contributed by atoms with Crippen LogP contribution in [0.2, 0.25) is 0 Å². The first-order chi connectivity index (χ1) is 20.8. The van der Waals surface area contributed by atoms with Crippen molar-refractivity contribution in [1.29, 1.82) is 0 Å². The van der Waals surface area contributed by atoms with Crippen molar-refractivity contribution < 1.29 is 34.4 Å². The largest absolute Gasteiger partial charge is 0.388 e. The number of piperidine rings is 1. The number of nitrogens with one attached hydrogen (secondary N) is 2. The lowest BCUT2D eigenvalue weighted by Gasteiger charge is -2.49. The number of piperazine rings is 1. The number of rotatable bonds is 5. The van der Waals surface area contributed by atoms with Crippen molar-refractivity contribution in [2.45, 2.75) is 101 Å². The summed E-state index contributed by atoms with van der Waals surface area (Å²) in [7, 11) is 2.03. The fourth-order valence-electron chi connectivity index (χ4n) is 8.64. The number of ether oxygens (including phenoxy) is 1. The van der Waals surface area contributed by atoms with Crippen LogP contribution in [-0.4, -0.2) is 108 Å². The molecule has 2 unspecified atom stereocenters. The van der Waals surface area contributed by atoms with Gasteiger partial charge in [-0.1, -0.05) is 39.8 Å². The molecule has 4 aliphatic heterocycles. The van der Waals surface area contributed by atoms with Crippen LogP contribution in [0.15, 0.2) is 24.4 Å². The Kier molecular flexibility index (Phi) is 6.73. The molecule has 5 aliphatic rings. The topological polar surface area (TPSA) is 159 Å². The second-order valence-electron chi connectivity index (χ2n) is 14.3. The van der Waals surface area contributed by atoms with Gasteiger partial charge in [0.2, 0.25) is 17.5 Å². The number of aromatic amines is 1. The molecule has 12 heteroatoms. The molecule has 2 aromatic rings. The molecular formula is C32H43N5O7. The number of aromatic nitrogens is 1. The molecule has 4 saturated heterocycles. The maximum Gasteiger partial charge on any atom is 0.281 e. The number of hydrogen-bond donors (Lipinski definition) is 5. The lowest BCUT2D eigenvalue weighted by molar-refractivity contribution is -0.326. The Morgan fingerprint density at radius 3 is 2.64 bits per heavy atom. The van der Waals surface area contributed by atoms with E-state index in [-0.39, 0.29) is 36.6 Å². The molecule has 12 nitrogen and oxygen atoms in total. The summed E-state index contributed by atoms with van der Waals surface area (Å²) in [5.41, 5.74) is 1.62. The highest BCUT2D eigenvalue weighted by Crippen LogP contribution is 2.50. The molecule has 0 spiro atoms. The predicted octanol–water partition coefficient (Wildman–Crippen LogP) is 0.810. The van der Waals surface area contributed by atoms with Crippen molar-refractivity contribution >= 4 is 28.6 Å². The Bertz CT molecular complexity index is 1530. The number of carbonyl (C=O) groups excluding carboxylic acids is 3. The standard InChI is InChI=1S/C32H43N5O7/c1-15(2)9-23-28(40)36-25(12-24(38)29(36)41)32(43)37(23)30(42)31(44-32,16(3)4)34-27(39)18-10-20-19-7-6-8-21-26(19)17(13-33-21)11-22(20)35(5)14-18/h6-8,13,15-16,18,20,22-25,29,33,38,41,43H,9-12,14H2,1-5H3,(H,34,39)/t18-,20-,22-,23+,24?,25+,29?,31-,32+/m1/s1. The number of nitrogens with zero attached hydrogens (tertiary/aromatic N) is 3. The zero-order chi connectivity index (χ0) is 31.5. The van der Waals surface area contributed by atoms with Crippen LogP contribution in [-0.2, 0) is 25.5 Å². The van der Waals surface area contributed by atoms with E-state index in [0.717, 1.165) is 21.7 Å². The highest BCUT2D eigenvalue weighted by molar-refractivity contribution is 5.98. The second-order valence-corrected chi connectivity index (χ2v) is 14.3. The van der Waals surface area contributed by atoms with E-state index < -0.39 is 59.7 Å². The summed E-state index contributed by atoms with van der Waals surface area (Å²) >= 11 is 0. The number of benzene rings is 1. The third-order valence-electron chi connectivity index (χ3n) is 10.8. The summed E-state index contributed by atoms with van der Waals surface area (Å²) in [4.78, 5) is 50.1. The Morgan fingerprint density at radius 2 is 1.93 bits per heavy atom. The normalized spacial score (nSPS) is 38.5. The molecule has 3 amide bonds. The third kappa shape index (κ3) is 3.97. The van der Waals surface area contributed by atoms with Crippen molar-refractivity contribution in [2.75, 3.05) is 13.6 Å². The Morgan fingerprint density at radius 1 is 1.18 bits per heavy atom. The van der Waals surface area contributed by atoms with Crippen molar-refractivity contribution in [2.24, 2.45) is 17.8 Å². The summed E-state index contributed by atoms with van der Waals surface area (Å²) in [6.45, 7) is 7.73. The number of likely N-dealkylation sites (N-methyl/N-ethyl adjacent to an activating group) is 1. The van der Waals surface area contributed by atoms with Crippen molar-refractivity contribution in [3.05, 3.63) is 35.5 Å².